The highest BCUT2D eigenvalue weighted by atomic mass is 32.2. The van der Waals surface area contributed by atoms with Gasteiger partial charge in [0.05, 0.1) is 6.61 Å². The van der Waals surface area contributed by atoms with Crippen molar-refractivity contribution in [3.05, 3.63) is 46.6 Å². The van der Waals surface area contributed by atoms with Crippen molar-refractivity contribution >= 4 is 17.7 Å². The number of benzene rings is 1. The maximum atomic E-state index is 11.9. The first kappa shape index (κ1) is 12.0. The van der Waals surface area contributed by atoms with Gasteiger partial charge in [-0.15, -0.1) is 11.8 Å². The van der Waals surface area contributed by atoms with Crippen LogP contribution in [0.3, 0.4) is 0 Å². The summed E-state index contributed by atoms with van der Waals surface area (Å²) in [5.41, 5.74) is 1.10. The molecular formula is C13H15NO2S. The molecule has 0 aliphatic carbocycles. The number of amides is 1. The quantitative estimate of drug-likeness (QED) is 0.893. The third kappa shape index (κ3) is 3.27. The third-order valence-electron chi connectivity index (χ3n) is 2.47. The summed E-state index contributed by atoms with van der Waals surface area (Å²) in [5, 5.41) is 2.90. The van der Waals surface area contributed by atoms with Crippen molar-refractivity contribution in [3.63, 3.8) is 0 Å². The number of allylic oxidation sites excluding steroid dienone is 1. The van der Waals surface area contributed by atoms with E-state index in [0.29, 0.717) is 18.1 Å². The van der Waals surface area contributed by atoms with E-state index in [1.54, 1.807) is 11.8 Å². The predicted octanol–water partition coefficient (Wildman–Crippen LogP) is 2.30. The van der Waals surface area contributed by atoms with Crippen molar-refractivity contribution in [2.45, 2.75) is 13.5 Å². The van der Waals surface area contributed by atoms with E-state index in [0.717, 1.165) is 17.1 Å². The molecule has 0 atom stereocenters. The van der Waals surface area contributed by atoms with Gasteiger partial charge in [0.2, 0.25) is 0 Å². The van der Waals surface area contributed by atoms with Crippen LogP contribution in [-0.4, -0.2) is 18.3 Å². The van der Waals surface area contributed by atoms with E-state index in [9.17, 15) is 4.79 Å². The molecule has 0 radical (unpaired) electrons. The van der Waals surface area contributed by atoms with Gasteiger partial charge in [-0.1, -0.05) is 30.3 Å². The monoisotopic (exact) mass is 249 g/mol. The first-order chi connectivity index (χ1) is 8.27. The lowest BCUT2D eigenvalue weighted by Crippen LogP contribution is -2.26. The van der Waals surface area contributed by atoms with Gasteiger partial charge in [-0.2, -0.15) is 0 Å². The Kier molecular flexibility index (Phi) is 4.09. The molecule has 1 N–H and O–H groups in total. The van der Waals surface area contributed by atoms with Gasteiger partial charge >= 0.3 is 0 Å². The van der Waals surface area contributed by atoms with Crippen LogP contribution in [0.4, 0.5) is 0 Å². The maximum absolute atomic E-state index is 11.9. The van der Waals surface area contributed by atoms with Gasteiger partial charge in [0.25, 0.3) is 5.91 Å². The summed E-state index contributed by atoms with van der Waals surface area (Å²) in [6.45, 7) is 3.08. The van der Waals surface area contributed by atoms with E-state index >= 15 is 0 Å². The van der Waals surface area contributed by atoms with Crippen molar-refractivity contribution in [2.24, 2.45) is 0 Å². The molecule has 0 bridgehead atoms. The molecule has 1 aliphatic heterocycles. The summed E-state index contributed by atoms with van der Waals surface area (Å²) >= 11 is 1.56. The molecule has 1 aromatic rings. The SMILES string of the molecule is CC1=C(C(=O)NCc2ccccc2)SCCO1. The smallest absolute Gasteiger partial charge is 0.261 e. The number of carbonyl (C=O) groups excluding carboxylic acids is 1. The van der Waals surface area contributed by atoms with Crippen molar-refractivity contribution in [1.29, 1.82) is 0 Å². The molecule has 0 aromatic heterocycles. The van der Waals surface area contributed by atoms with Crippen molar-refractivity contribution in [2.75, 3.05) is 12.4 Å². The second-order valence-corrected chi connectivity index (χ2v) is 4.86. The third-order valence-corrected chi connectivity index (χ3v) is 3.60. The number of hydrogen-bond donors (Lipinski definition) is 1. The van der Waals surface area contributed by atoms with Gasteiger partial charge in [-0.3, -0.25) is 4.79 Å². The van der Waals surface area contributed by atoms with Crippen molar-refractivity contribution in [1.82, 2.24) is 5.32 Å². The molecule has 1 aliphatic rings. The molecule has 90 valence electrons. The van der Waals surface area contributed by atoms with E-state index in [1.165, 1.54) is 0 Å². The first-order valence-corrected chi connectivity index (χ1v) is 6.54. The Morgan fingerprint density at radius 2 is 2.18 bits per heavy atom. The molecule has 1 amide bonds. The molecule has 0 spiro atoms. The minimum absolute atomic E-state index is 0.0453. The molecule has 0 saturated heterocycles. The summed E-state index contributed by atoms with van der Waals surface area (Å²) in [4.78, 5) is 12.6. The molecule has 17 heavy (non-hydrogen) atoms. The van der Waals surface area contributed by atoms with Crippen LogP contribution in [0.1, 0.15) is 12.5 Å². The lowest BCUT2D eigenvalue weighted by atomic mass is 10.2. The number of carbonyl (C=O) groups is 1. The van der Waals surface area contributed by atoms with Gasteiger partial charge in [0.1, 0.15) is 10.7 Å². The molecule has 1 aromatic carbocycles. The minimum atomic E-state index is -0.0453. The van der Waals surface area contributed by atoms with Crippen LogP contribution >= 0.6 is 11.8 Å². The topological polar surface area (TPSA) is 38.3 Å². The van der Waals surface area contributed by atoms with E-state index in [1.807, 2.05) is 37.3 Å². The van der Waals surface area contributed by atoms with Crippen LogP contribution < -0.4 is 5.32 Å². The molecule has 0 fully saturated rings. The average Bonchev–Trinajstić information content (AvgIpc) is 2.38. The Balaban J connectivity index is 1.94. The minimum Gasteiger partial charge on any atom is -0.496 e. The van der Waals surface area contributed by atoms with E-state index in [2.05, 4.69) is 5.32 Å². The second-order valence-electron chi connectivity index (χ2n) is 3.75. The summed E-state index contributed by atoms with van der Waals surface area (Å²) in [5.74, 6) is 1.52. The standard InChI is InChI=1S/C13H15NO2S/c1-10-12(17-8-7-16-10)13(15)14-9-11-5-3-2-4-6-11/h2-6H,7-9H2,1H3,(H,14,15). The zero-order valence-corrected chi connectivity index (χ0v) is 10.5. The largest absolute Gasteiger partial charge is 0.496 e. The van der Waals surface area contributed by atoms with E-state index < -0.39 is 0 Å². The highest BCUT2D eigenvalue weighted by molar-refractivity contribution is 8.04. The highest BCUT2D eigenvalue weighted by Gasteiger charge is 2.18. The number of rotatable bonds is 3. The van der Waals surface area contributed by atoms with Crippen LogP contribution in [0.15, 0.2) is 41.0 Å². The van der Waals surface area contributed by atoms with Crippen LogP contribution in [0, 0.1) is 0 Å². The fourth-order valence-electron chi connectivity index (χ4n) is 1.59. The molecule has 0 saturated carbocycles. The van der Waals surface area contributed by atoms with Crippen molar-refractivity contribution in [3.8, 4) is 0 Å². The second kappa shape index (κ2) is 5.77. The maximum Gasteiger partial charge on any atom is 0.261 e. The average molecular weight is 249 g/mol. The van der Waals surface area contributed by atoms with Gasteiger partial charge in [0.15, 0.2) is 0 Å². The molecular weight excluding hydrogens is 234 g/mol. The van der Waals surface area contributed by atoms with Crippen LogP contribution in [0.25, 0.3) is 0 Å². The van der Waals surface area contributed by atoms with Gasteiger partial charge in [-0.05, 0) is 12.5 Å². The van der Waals surface area contributed by atoms with E-state index in [-0.39, 0.29) is 5.91 Å². The summed E-state index contributed by atoms with van der Waals surface area (Å²) < 4.78 is 5.36. The van der Waals surface area contributed by atoms with Gasteiger partial charge < -0.3 is 10.1 Å². The molecule has 2 rings (SSSR count). The fourth-order valence-corrected chi connectivity index (χ4v) is 2.43. The first-order valence-electron chi connectivity index (χ1n) is 5.56. The Bertz CT molecular complexity index is 428. The Labute approximate surface area is 105 Å². The fraction of sp³-hybridized carbons (Fsp3) is 0.308. The summed E-state index contributed by atoms with van der Waals surface area (Å²) in [6, 6.07) is 9.87. The number of nitrogens with one attached hydrogen (secondary N) is 1. The van der Waals surface area contributed by atoms with Gasteiger partial charge in [0, 0.05) is 12.3 Å². The molecule has 1 heterocycles. The number of hydrogen-bond acceptors (Lipinski definition) is 3. The number of ether oxygens (including phenoxy) is 1. The predicted molar refractivity (Wildman–Crippen MR) is 69.4 cm³/mol. The summed E-state index contributed by atoms with van der Waals surface area (Å²) in [7, 11) is 0. The number of thioether (sulfide) groups is 1. The van der Waals surface area contributed by atoms with Crippen LogP contribution in [0.2, 0.25) is 0 Å². The zero-order valence-electron chi connectivity index (χ0n) is 9.73. The Morgan fingerprint density at radius 1 is 1.41 bits per heavy atom. The molecule has 3 nitrogen and oxygen atoms in total. The molecule has 4 heteroatoms. The lowest BCUT2D eigenvalue weighted by Gasteiger charge is -2.17. The lowest BCUT2D eigenvalue weighted by molar-refractivity contribution is -0.117. The summed E-state index contributed by atoms with van der Waals surface area (Å²) in [6.07, 6.45) is 0. The van der Waals surface area contributed by atoms with E-state index in [4.69, 9.17) is 4.74 Å². The Morgan fingerprint density at radius 3 is 2.88 bits per heavy atom. The molecule has 0 unspecified atom stereocenters. The normalized spacial score (nSPS) is 15.4. The van der Waals surface area contributed by atoms with Gasteiger partial charge in [-0.25, -0.2) is 0 Å². The zero-order chi connectivity index (χ0) is 12.1. The van der Waals surface area contributed by atoms with Crippen LogP contribution in [0.5, 0.6) is 0 Å². The Hall–Kier alpha value is -1.42. The highest BCUT2D eigenvalue weighted by Crippen LogP contribution is 2.25. The van der Waals surface area contributed by atoms with Crippen LogP contribution in [-0.2, 0) is 16.1 Å². The van der Waals surface area contributed by atoms with Crippen molar-refractivity contribution < 1.29 is 9.53 Å².